The van der Waals surface area contributed by atoms with Gasteiger partial charge in [0.15, 0.2) is 0 Å². The molecule has 0 fully saturated rings. The molecule has 1 atom stereocenters. The Morgan fingerprint density at radius 2 is 2.27 bits per heavy atom. The molecule has 0 aliphatic carbocycles. The first kappa shape index (κ1) is 12.0. The summed E-state index contributed by atoms with van der Waals surface area (Å²) in [6.07, 6.45) is 1.01. The molecule has 0 aromatic heterocycles. The molecule has 1 rings (SSSR count). The Morgan fingerprint density at radius 1 is 1.47 bits per heavy atom. The van der Waals surface area contributed by atoms with Crippen molar-refractivity contribution in [3.05, 3.63) is 29.8 Å². The van der Waals surface area contributed by atoms with Crippen LogP contribution in [0.4, 0.5) is 0 Å². The van der Waals surface area contributed by atoms with E-state index in [0.29, 0.717) is 6.04 Å². The quantitative estimate of drug-likeness (QED) is 0.699. The Bertz CT molecular complexity index is 289. The Kier molecular flexibility index (Phi) is 5.15. The molecule has 0 bridgehead atoms. The Morgan fingerprint density at radius 3 is 2.93 bits per heavy atom. The van der Waals surface area contributed by atoms with Gasteiger partial charge < -0.3 is 15.8 Å². The van der Waals surface area contributed by atoms with Crippen molar-refractivity contribution in [2.24, 2.45) is 5.73 Å². The molecular weight excluding hydrogens is 188 g/mol. The van der Waals surface area contributed by atoms with Crippen LogP contribution in [0.25, 0.3) is 0 Å². The second-order valence-corrected chi connectivity index (χ2v) is 3.59. The molecule has 0 aliphatic heterocycles. The van der Waals surface area contributed by atoms with Gasteiger partial charge in [0.1, 0.15) is 5.75 Å². The van der Waals surface area contributed by atoms with E-state index < -0.39 is 0 Å². The summed E-state index contributed by atoms with van der Waals surface area (Å²) in [7, 11) is 1.69. The van der Waals surface area contributed by atoms with E-state index in [9.17, 15) is 0 Å². The van der Waals surface area contributed by atoms with E-state index in [1.54, 1.807) is 7.11 Å². The zero-order chi connectivity index (χ0) is 11.1. The van der Waals surface area contributed by atoms with Crippen LogP contribution in [0.5, 0.6) is 5.75 Å². The van der Waals surface area contributed by atoms with E-state index in [0.717, 1.165) is 25.3 Å². The normalized spacial score (nSPS) is 12.5. The van der Waals surface area contributed by atoms with Crippen molar-refractivity contribution in [3.8, 4) is 5.75 Å². The number of hydrogen-bond acceptors (Lipinski definition) is 3. The molecule has 1 aromatic rings. The molecule has 0 saturated carbocycles. The van der Waals surface area contributed by atoms with Gasteiger partial charge in [-0.05, 0) is 44.1 Å². The maximum absolute atomic E-state index is 5.44. The van der Waals surface area contributed by atoms with Crippen LogP contribution in [-0.4, -0.2) is 20.2 Å². The van der Waals surface area contributed by atoms with E-state index in [1.165, 1.54) is 5.56 Å². The zero-order valence-electron chi connectivity index (χ0n) is 9.49. The van der Waals surface area contributed by atoms with Gasteiger partial charge in [-0.3, -0.25) is 0 Å². The third-order valence-corrected chi connectivity index (χ3v) is 2.43. The lowest BCUT2D eigenvalue weighted by Gasteiger charge is -2.14. The smallest absolute Gasteiger partial charge is 0.119 e. The SMILES string of the molecule is COc1cccc([C@@H](C)NCCCN)c1. The molecule has 0 spiro atoms. The molecule has 84 valence electrons. The fraction of sp³-hybridized carbons (Fsp3) is 0.500. The number of nitrogens with one attached hydrogen (secondary N) is 1. The second-order valence-electron chi connectivity index (χ2n) is 3.59. The van der Waals surface area contributed by atoms with Crippen LogP contribution in [0.3, 0.4) is 0 Å². The lowest BCUT2D eigenvalue weighted by Crippen LogP contribution is -2.21. The molecule has 3 heteroatoms. The van der Waals surface area contributed by atoms with Gasteiger partial charge in [0.25, 0.3) is 0 Å². The van der Waals surface area contributed by atoms with Gasteiger partial charge in [0.05, 0.1) is 7.11 Å². The summed E-state index contributed by atoms with van der Waals surface area (Å²) in [5.41, 5.74) is 6.68. The van der Waals surface area contributed by atoms with Crippen LogP contribution < -0.4 is 15.8 Å². The predicted molar refractivity (Wildman–Crippen MR) is 63.1 cm³/mol. The van der Waals surface area contributed by atoms with Gasteiger partial charge in [-0.1, -0.05) is 12.1 Å². The molecule has 0 amide bonds. The molecule has 15 heavy (non-hydrogen) atoms. The number of methoxy groups -OCH3 is 1. The van der Waals surface area contributed by atoms with Gasteiger partial charge in [0.2, 0.25) is 0 Å². The summed E-state index contributed by atoms with van der Waals surface area (Å²) >= 11 is 0. The third kappa shape index (κ3) is 3.90. The maximum atomic E-state index is 5.44. The largest absolute Gasteiger partial charge is 0.497 e. The first-order valence-corrected chi connectivity index (χ1v) is 5.35. The van der Waals surface area contributed by atoms with Crippen LogP contribution in [0.15, 0.2) is 24.3 Å². The average molecular weight is 208 g/mol. The topological polar surface area (TPSA) is 47.3 Å². The average Bonchev–Trinajstić information content (AvgIpc) is 2.29. The summed E-state index contributed by atoms with van der Waals surface area (Å²) in [6.45, 7) is 3.83. The van der Waals surface area contributed by atoms with Crippen molar-refractivity contribution in [2.45, 2.75) is 19.4 Å². The summed E-state index contributed by atoms with van der Waals surface area (Å²) in [6, 6.07) is 8.46. The highest BCUT2D eigenvalue weighted by Gasteiger charge is 2.04. The minimum Gasteiger partial charge on any atom is -0.497 e. The molecule has 0 heterocycles. The molecule has 3 N–H and O–H groups in total. The van der Waals surface area contributed by atoms with E-state index in [2.05, 4.69) is 24.4 Å². The van der Waals surface area contributed by atoms with E-state index in [1.807, 2.05) is 12.1 Å². The summed E-state index contributed by atoms with van der Waals surface area (Å²) in [5.74, 6) is 0.903. The second kappa shape index (κ2) is 6.43. The number of benzene rings is 1. The van der Waals surface area contributed by atoms with Gasteiger partial charge in [0, 0.05) is 6.04 Å². The highest BCUT2D eigenvalue weighted by atomic mass is 16.5. The summed E-state index contributed by atoms with van der Waals surface area (Å²) in [5, 5.41) is 3.42. The predicted octanol–water partition coefficient (Wildman–Crippen LogP) is 1.69. The Labute approximate surface area is 91.6 Å². The van der Waals surface area contributed by atoms with Gasteiger partial charge >= 0.3 is 0 Å². The molecule has 1 aromatic carbocycles. The van der Waals surface area contributed by atoms with E-state index in [4.69, 9.17) is 10.5 Å². The van der Waals surface area contributed by atoms with Crippen molar-refractivity contribution >= 4 is 0 Å². The first-order chi connectivity index (χ1) is 7.27. The Balaban J connectivity index is 2.52. The van der Waals surface area contributed by atoms with Crippen LogP contribution in [0.2, 0.25) is 0 Å². The number of hydrogen-bond donors (Lipinski definition) is 2. The summed E-state index contributed by atoms with van der Waals surface area (Å²) < 4.78 is 5.18. The van der Waals surface area contributed by atoms with Crippen LogP contribution in [-0.2, 0) is 0 Å². The zero-order valence-corrected chi connectivity index (χ0v) is 9.49. The van der Waals surface area contributed by atoms with Crippen molar-refractivity contribution in [1.29, 1.82) is 0 Å². The number of ether oxygens (including phenoxy) is 1. The minimum absolute atomic E-state index is 0.339. The highest BCUT2D eigenvalue weighted by Crippen LogP contribution is 2.18. The fourth-order valence-corrected chi connectivity index (χ4v) is 1.45. The van der Waals surface area contributed by atoms with Crippen molar-refractivity contribution in [2.75, 3.05) is 20.2 Å². The molecular formula is C12H20N2O. The monoisotopic (exact) mass is 208 g/mol. The standard InChI is InChI=1S/C12H20N2O/c1-10(14-8-4-7-13)11-5-3-6-12(9-11)15-2/h3,5-6,9-10,14H,4,7-8,13H2,1-2H3/t10-/m1/s1. The maximum Gasteiger partial charge on any atom is 0.119 e. The first-order valence-electron chi connectivity index (χ1n) is 5.35. The Hall–Kier alpha value is -1.06. The van der Waals surface area contributed by atoms with E-state index >= 15 is 0 Å². The van der Waals surface area contributed by atoms with Gasteiger partial charge in [-0.15, -0.1) is 0 Å². The van der Waals surface area contributed by atoms with Crippen LogP contribution in [0.1, 0.15) is 24.9 Å². The van der Waals surface area contributed by atoms with Gasteiger partial charge in [-0.2, -0.15) is 0 Å². The minimum atomic E-state index is 0.339. The van der Waals surface area contributed by atoms with Crippen molar-refractivity contribution in [3.63, 3.8) is 0 Å². The van der Waals surface area contributed by atoms with Gasteiger partial charge in [-0.25, -0.2) is 0 Å². The molecule has 3 nitrogen and oxygen atoms in total. The summed E-state index contributed by atoms with van der Waals surface area (Å²) in [4.78, 5) is 0. The lowest BCUT2D eigenvalue weighted by atomic mass is 10.1. The number of rotatable bonds is 6. The molecule has 0 radical (unpaired) electrons. The number of nitrogens with two attached hydrogens (primary N) is 1. The molecule has 0 aliphatic rings. The lowest BCUT2D eigenvalue weighted by molar-refractivity contribution is 0.413. The molecule has 0 saturated heterocycles. The van der Waals surface area contributed by atoms with Crippen LogP contribution in [0, 0.1) is 0 Å². The third-order valence-electron chi connectivity index (χ3n) is 2.43. The fourth-order valence-electron chi connectivity index (χ4n) is 1.45. The highest BCUT2D eigenvalue weighted by molar-refractivity contribution is 5.30. The van der Waals surface area contributed by atoms with Crippen molar-refractivity contribution < 1.29 is 4.74 Å². The van der Waals surface area contributed by atoms with Crippen LogP contribution >= 0.6 is 0 Å². The van der Waals surface area contributed by atoms with E-state index in [-0.39, 0.29) is 0 Å². The molecule has 0 unspecified atom stereocenters. The van der Waals surface area contributed by atoms with Crippen molar-refractivity contribution in [1.82, 2.24) is 5.32 Å².